The van der Waals surface area contributed by atoms with Crippen molar-refractivity contribution < 1.29 is 27.9 Å². The second kappa shape index (κ2) is 9.69. The van der Waals surface area contributed by atoms with Gasteiger partial charge in [0.2, 0.25) is 0 Å². The maximum absolute atomic E-state index is 17.2. The van der Waals surface area contributed by atoms with Crippen LogP contribution in [0.4, 0.5) is 13.2 Å². The number of rotatable bonds is 3. The molecule has 0 aromatic heterocycles. The molecule has 5 aliphatic heterocycles. The molecular weight excluding hydrogens is 559 g/mol. The van der Waals surface area contributed by atoms with Crippen LogP contribution in [0.25, 0.3) is 16.3 Å². The molecule has 8 rings (SSSR count). The molecule has 2 aromatic carbocycles. The summed E-state index contributed by atoms with van der Waals surface area (Å²) < 4.78 is 52.6. The Morgan fingerprint density at radius 3 is 2.95 bits per heavy atom. The molecule has 1 aliphatic carbocycles. The van der Waals surface area contributed by atoms with Crippen molar-refractivity contribution in [1.82, 2.24) is 9.91 Å². The van der Waals surface area contributed by atoms with Crippen LogP contribution in [0.15, 0.2) is 62.7 Å². The van der Waals surface area contributed by atoms with Crippen molar-refractivity contribution in [2.45, 2.75) is 43.5 Å². The number of hydrogen-bond donors (Lipinski definition) is 1. The fraction of sp³-hybridized carbons (Fsp3) is 0.406. The van der Waals surface area contributed by atoms with E-state index in [1.807, 2.05) is 0 Å². The maximum Gasteiger partial charge on any atom is 0.334 e. The molecule has 2 aromatic rings. The average Bonchev–Trinajstić information content (AvgIpc) is 3.68. The van der Waals surface area contributed by atoms with Crippen LogP contribution < -0.4 is 0 Å². The number of fused-ring (bicyclic) bond motifs is 4. The Bertz CT molecular complexity index is 1770. The van der Waals surface area contributed by atoms with E-state index in [0.717, 1.165) is 19.4 Å². The molecule has 11 heteroatoms. The molecule has 220 valence electrons. The molecule has 6 aliphatic rings. The SMILES string of the molecule is C#Cc1c(F)ccc2cccc(C3=C(F)C4=NC(OC[C@@]56CCCN5C[C@H](F)C6)=NN5C[C@H](O)CC(=C45)[C@@H]4CON=C34)c12. The van der Waals surface area contributed by atoms with Crippen molar-refractivity contribution in [1.29, 1.82) is 0 Å². The number of terminal acetylenes is 1. The first-order chi connectivity index (χ1) is 20.9. The van der Waals surface area contributed by atoms with Crippen LogP contribution in [0, 0.1) is 24.1 Å². The number of hydrazone groups is 1. The predicted molar refractivity (Wildman–Crippen MR) is 155 cm³/mol. The molecular formula is C32H28F3N5O3. The Balaban J connectivity index is 1.29. The van der Waals surface area contributed by atoms with E-state index in [9.17, 15) is 13.9 Å². The van der Waals surface area contributed by atoms with Gasteiger partial charge in [-0.05, 0) is 48.4 Å². The van der Waals surface area contributed by atoms with Gasteiger partial charge in [0, 0.05) is 23.9 Å². The monoisotopic (exact) mass is 587 g/mol. The van der Waals surface area contributed by atoms with Gasteiger partial charge in [0.25, 0.3) is 0 Å². The Morgan fingerprint density at radius 1 is 1.21 bits per heavy atom. The minimum atomic E-state index is -0.927. The Morgan fingerprint density at radius 2 is 2.09 bits per heavy atom. The Hall–Kier alpha value is -4.14. The second-order valence-corrected chi connectivity index (χ2v) is 12.0. The first-order valence-corrected chi connectivity index (χ1v) is 14.5. The van der Waals surface area contributed by atoms with Crippen LogP contribution in [-0.2, 0) is 9.57 Å². The van der Waals surface area contributed by atoms with Crippen LogP contribution in [-0.4, -0.2) is 83.1 Å². The van der Waals surface area contributed by atoms with E-state index in [-0.39, 0.29) is 49.0 Å². The van der Waals surface area contributed by atoms with Gasteiger partial charge < -0.3 is 14.7 Å². The van der Waals surface area contributed by atoms with Crippen LogP contribution in [0.5, 0.6) is 0 Å². The highest BCUT2D eigenvalue weighted by Gasteiger charge is 2.50. The van der Waals surface area contributed by atoms with Gasteiger partial charge in [-0.3, -0.25) is 9.91 Å². The summed E-state index contributed by atoms with van der Waals surface area (Å²) in [6.07, 6.45) is 6.39. The summed E-state index contributed by atoms with van der Waals surface area (Å²) in [6.45, 7) is 1.59. The molecule has 4 atom stereocenters. The predicted octanol–water partition coefficient (Wildman–Crippen LogP) is 4.30. The lowest BCUT2D eigenvalue weighted by atomic mass is 9.83. The van der Waals surface area contributed by atoms with Crippen molar-refractivity contribution in [3.8, 4) is 12.3 Å². The molecule has 0 amide bonds. The third-order valence-corrected chi connectivity index (χ3v) is 9.52. The summed E-state index contributed by atoms with van der Waals surface area (Å²) in [6, 6.07) is 8.05. The van der Waals surface area contributed by atoms with Crippen LogP contribution in [0.3, 0.4) is 0 Å². The number of ether oxygens (including phenoxy) is 1. The van der Waals surface area contributed by atoms with E-state index < -0.39 is 35.4 Å². The smallest absolute Gasteiger partial charge is 0.334 e. The van der Waals surface area contributed by atoms with Crippen molar-refractivity contribution in [2.24, 2.45) is 21.2 Å². The van der Waals surface area contributed by atoms with Crippen molar-refractivity contribution in [3.63, 3.8) is 0 Å². The molecule has 5 heterocycles. The summed E-state index contributed by atoms with van der Waals surface area (Å²) in [5.41, 5.74) is 1.45. The number of aliphatic hydroxyl groups excluding tert-OH is 1. The summed E-state index contributed by atoms with van der Waals surface area (Å²) in [4.78, 5) is 12.2. The molecule has 0 radical (unpaired) electrons. The van der Waals surface area contributed by atoms with E-state index >= 15 is 4.39 Å². The van der Waals surface area contributed by atoms with Crippen LogP contribution >= 0.6 is 0 Å². The number of allylic oxidation sites excluding steroid dienone is 2. The molecule has 0 unspecified atom stereocenters. The minimum Gasteiger partial charge on any atom is -0.460 e. The first-order valence-electron chi connectivity index (χ1n) is 14.5. The summed E-state index contributed by atoms with van der Waals surface area (Å²) in [5, 5.41) is 22.3. The minimum absolute atomic E-state index is 0.00904. The topological polar surface area (TPSA) is 82.2 Å². The number of halogens is 3. The summed E-state index contributed by atoms with van der Waals surface area (Å²) in [7, 11) is 0. The van der Waals surface area contributed by atoms with Crippen molar-refractivity contribution >= 4 is 33.8 Å². The zero-order valence-electron chi connectivity index (χ0n) is 23.2. The highest BCUT2D eigenvalue weighted by molar-refractivity contribution is 6.37. The molecule has 1 N–H and O–H groups in total. The number of aliphatic hydroxyl groups is 1. The number of amidine groups is 1. The maximum atomic E-state index is 17.2. The quantitative estimate of drug-likeness (QED) is 0.542. The number of aliphatic imine (C=N–C) groups is 1. The fourth-order valence-corrected chi connectivity index (χ4v) is 7.68. The Kier molecular flexibility index (Phi) is 5.97. The van der Waals surface area contributed by atoms with E-state index in [1.54, 1.807) is 24.3 Å². The number of benzene rings is 2. The molecule has 0 spiro atoms. The standard InChI is InChI=1S/C32H28F3N5O3/c1-2-20-24(34)8-7-17-5-3-6-21(25(17)20)26-27(35)29-30-22(23-15-43-38-28(23)26)11-19(41)14-40(30)37-31(36-29)42-16-32-9-4-10-39(32)13-18(33)12-32/h1,3,5-8,18-19,23,41H,4,9-16H2/t18-,19-,23+,32+/m1/s1. The lowest BCUT2D eigenvalue weighted by molar-refractivity contribution is 0.0938. The van der Waals surface area contributed by atoms with Gasteiger partial charge in [0.15, 0.2) is 5.83 Å². The molecule has 43 heavy (non-hydrogen) atoms. The molecule has 0 bridgehead atoms. The largest absolute Gasteiger partial charge is 0.460 e. The lowest BCUT2D eigenvalue weighted by Gasteiger charge is -2.36. The average molecular weight is 588 g/mol. The van der Waals surface area contributed by atoms with Gasteiger partial charge in [0.05, 0.1) is 35.4 Å². The number of nitrogens with zero attached hydrogens (tertiary/aromatic N) is 5. The van der Waals surface area contributed by atoms with E-state index in [0.29, 0.717) is 46.3 Å². The molecule has 2 fully saturated rings. The van der Waals surface area contributed by atoms with Crippen LogP contribution in [0.1, 0.15) is 36.8 Å². The van der Waals surface area contributed by atoms with Gasteiger partial charge >= 0.3 is 6.02 Å². The van der Waals surface area contributed by atoms with Crippen molar-refractivity contribution in [2.75, 3.05) is 32.8 Å². The van der Waals surface area contributed by atoms with E-state index in [4.69, 9.17) is 16.0 Å². The summed E-state index contributed by atoms with van der Waals surface area (Å²) >= 11 is 0. The number of oxime groups is 1. The van der Waals surface area contributed by atoms with Gasteiger partial charge in [0.1, 0.15) is 36.6 Å². The third-order valence-electron chi connectivity index (χ3n) is 9.52. The first kappa shape index (κ1) is 26.5. The number of hydrogen-bond acceptors (Lipinski definition) is 8. The van der Waals surface area contributed by atoms with Crippen LogP contribution in [0.2, 0.25) is 0 Å². The van der Waals surface area contributed by atoms with Gasteiger partial charge in [-0.2, -0.15) is 4.99 Å². The highest BCUT2D eigenvalue weighted by atomic mass is 19.1. The third kappa shape index (κ3) is 3.96. The van der Waals surface area contributed by atoms with E-state index in [2.05, 4.69) is 26.1 Å². The lowest BCUT2D eigenvalue weighted by Crippen LogP contribution is -2.44. The van der Waals surface area contributed by atoms with Crippen molar-refractivity contribution in [3.05, 3.63) is 64.4 Å². The van der Waals surface area contributed by atoms with Gasteiger partial charge in [-0.1, -0.05) is 35.3 Å². The van der Waals surface area contributed by atoms with Gasteiger partial charge in [-0.15, -0.1) is 11.5 Å². The molecule has 0 saturated carbocycles. The fourth-order valence-electron chi connectivity index (χ4n) is 7.68. The van der Waals surface area contributed by atoms with Gasteiger partial charge in [-0.25, -0.2) is 13.2 Å². The zero-order valence-corrected chi connectivity index (χ0v) is 23.2. The molecule has 8 nitrogen and oxygen atoms in total. The normalized spacial score (nSPS) is 29.8. The highest BCUT2D eigenvalue weighted by Crippen LogP contribution is 2.45. The second-order valence-electron chi connectivity index (χ2n) is 12.0. The zero-order chi connectivity index (χ0) is 29.5. The summed E-state index contributed by atoms with van der Waals surface area (Å²) in [5.74, 6) is 0.639. The van der Waals surface area contributed by atoms with E-state index in [1.165, 1.54) is 11.1 Å². The Labute approximate surface area is 245 Å². The molecule has 2 saturated heterocycles. The number of alkyl halides is 1.